The van der Waals surface area contributed by atoms with Crippen LogP contribution in [-0.2, 0) is 9.78 Å². The van der Waals surface area contributed by atoms with Crippen LogP contribution in [0.2, 0.25) is 0 Å². The topological polar surface area (TPSA) is 18.5 Å². The third kappa shape index (κ3) is 3.85. The molecule has 0 rings (SSSR count). The minimum atomic E-state index is 0.262. The molecule has 0 fully saturated rings. The maximum atomic E-state index is 4.21. The minimum Gasteiger partial charge on any atom is -0.332 e. The summed E-state index contributed by atoms with van der Waals surface area (Å²) in [7, 11) is 1.39. The molecule has 36 valence electrons. The van der Waals surface area contributed by atoms with E-state index < -0.39 is 0 Å². The average Bonchev–Trinajstić information content (AvgIpc) is 1.35. The summed E-state index contributed by atoms with van der Waals surface area (Å²) in [5.74, 6) is 0. The first-order valence-corrected chi connectivity index (χ1v) is 1.80. The molecule has 0 aromatic heterocycles. The van der Waals surface area contributed by atoms with E-state index in [4.69, 9.17) is 0 Å². The quantitative estimate of drug-likeness (QED) is 0.245. The summed E-state index contributed by atoms with van der Waals surface area (Å²) < 4.78 is 0. The lowest BCUT2D eigenvalue weighted by Gasteiger charge is -1.92. The van der Waals surface area contributed by atoms with E-state index in [2.05, 4.69) is 29.0 Å². The number of thiol groups is 1. The van der Waals surface area contributed by atoms with Gasteiger partial charge in [0.15, 0.2) is 5.09 Å². The molecule has 0 heterocycles. The molecule has 0 aliphatic rings. The van der Waals surface area contributed by atoms with Gasteiger partial charge in [-0.25, -0.2) is 0 Å². The Bertz CT molecular complexity index is 52.8. The molecule has 0 N–H and O–H groups in total. The van der Waals surface area contributed by atoms with Gasteiger partial charge in [0, 0.05) is 0 Å². The maximum Gasteiger partial charge on any atom is 0.188 e. The molecule has 3 heteroatoms. The number of hydrogen-bond acceptors (Lipinski definition) is 3. The number of hydrogen-bond donors (Lipinski definition) is 1. The Kier molecular flexibility index (Phi) is 2.98. The molecule has 0 radical (unpaired) electrons. The van der Waals surface area contributed by atoms with E-state index in [0.717, 1.165) is 0 Å². The largest absolute Gasteiger partial charge is 0.332 e. The zero-order valence-electron chi connectivity index (χ0n) is 3.47. The summed E-state index contributed by atoms with van der Waals surface area (Å²) in [6.07, 6.45) is 0. The fourth-order valence-corrected chi connectivity index (χ4v) is 0.171. The predicted molar refractivity (Wildman–Crippen MR) is 26.2 cm³/mol. The van der Waals surface area contributed by atoms with Gasteiger partial charge in [-0.1, -0.05) is 0 Å². The van der Waals surface area contributed by atoms with E-state index in [0.29, 0.717) is 0 Å². The summed E-state index contributed by atoms with van der Waals surface area (Å²) >= 11 is 3.64. The summed E-state index contributed by atoms with van der Waals surface area (Å²) in [6.45, 7) is 3.26. The molecule has 0 unspecified atom stereocenters. The van der Waals surface area contributed by atoms with Crippen molar-refractivity contribution in [2.24, 2.45) is 0 Å². The lowest BCUT2D eigenvalue weighted by atomic mass is 11.2. The van der Waals surface area contributed by atoms with Crippen LogP contribution in [0.25, 0.3) is 0 Å². The highest BCUT2D eigenvalue weighted by atomic mass is 32.1. The van der Waals surface area contributed by atoms with Gasteiger partial charge in [0.1, 0.15) is 0 Å². The molecule has 0 spiro atoms. The first-order valence-electron chi connectivity index (χ1n) is 1.36. The van der Waals surface area contributed by atoms with Crippen molar-refractivity contribution < 1.29 is 9.78 Å². The van der Waals surface area contributed by atoms with Crippen molar-refractivity contribution in [3.8, 4) is 0 Å². The molecule has 0 aromatic carbocycles. The van der Waals surface area contributed by atoms with Crippen molar-refractivity contribution in [1.29, 1.82) is 0 Å². The number of rotatable bonds is 2. The summed E-state index contributed by atoms with van der Waals surface area (Å²) in [4.78, 5) is 8.34. The average molecular weight is 106 g/mol. The molecule has 0 atom stereocenters. The van der Waals surface area contributed by atoms with E-state index in [1.165, 1.54) is 7.11 Å². The highest BCUT2D eigenvalue weighted by Crippen LogP contribution is 1.94. The molecule has 0 aliphatic carbocycles. The fraction of sp³-hybridized carbons (Fsp3) is 0.333. The van der Waals surface area contributed by atoms with E-state index in [1.807, 2.05) is 0 Å². The fourth-order valence-electron chi connectivity index (χ4n) is 0.0962. The van der Waals surface area contributed by atoms with E-state index in [9.17, 15) is 0 Å². The molecule has 0 saturated carbocycles. The molecule has 0 aromatic rings. The molecule has 0 aliphatic heterocycles. The Labute approximate surface area is 42.1 Å². The highest BCUT2D eigenvalue weighted by Gasteiger charge is 1.75. The standard InChI is InChI=1S/C3H6O2S/c1-3(6)5-4-2/h6H,1H2,2H3. The third-order valence-corrected chi connectivity index (χ3v) is 0.254. The van der Waals surface area contributed by atoms with Gasteiger partial charge in [0.05, 0.1) is 7.11 Å². The van der Waals surface area contributed by atoms with Gasteiger partial charge in [-0.15, -0.1) is 12.6 Å². The van der Waals surface area contributed by atoms with Gasteiger partial charge in [0.25, 0.3) is 0 Å². The van der Waals surface area contributed by atoms with Gasteiger partial charge in [0.2, 0.25) is 0 Å². The van der Waals surface area contributed by atoms with E-state index in [1.54, 1.807) is 0 Å². The molecule has 0 bridgehead atoms. The summed E-state index contributed by atoms with van der Waals surface area (Å²) in [5.41, 5.74) is 0. The molecule has 0 saturated heterocycles. The van der Waals surface area contributed by atoms with Crippen molar-refractivity contribution in [3.05, 3.63) is 11.7 Å². The molecule has 0 amide bonds. The Morgan fingerprint density at radius 3 is 2.33 bits per heavy atom. The molecular weight excluding hydrogens is 100 g/mol. The Balaban J connectivity index is 2.83. The van der Waals surface area contributed by atoms with Crippen LogP contribution in [0, 0.1) is 0 Å². The Morgan fingerprint density at radius 1 is 1.83 bits per heavy atom. The van der Waals surface area contributed by atoms with Gasteiger partial charge in [-0.05, 0) is 6.58 Å². The lowest BCUT2D eigenvalue weighted by Crippen LogP contribution is -1.78. The summed E-state index contributed by atoms with van der Waals surface area (Å²) in [5, 5.41) is 0.262. The van der Waals surface area contributed by atoms with Gasteiger partial charge in [-0.2, -0.15) is 4.89 Å². The van der Waals surface area contributed by atoms with Crippen molar-refractivity contribution in [2.45, 2.75) is 0 Å². The van der Waals surface area contributed by atoms with Gasteiger partial charge >= 0.3 is 0 Å². The van der Waals surface area contributed by atoms with Gasteiger partial charge in [-0.3, -0.25) is 0 Å². The second-order valence-electron chi connectivity index (χ2n) is 0.644. The Morgan fingerprint density at radius 2 is 2.33 bits per heavy atom. The van der Waals surface area contributed by atoms with E-state index in [-0.39, 0.29) is 5.09 Å². The van der Waals surface area contributed by atoms with Crippen LogP contribution in [-0.4, -0.2) is 7.11 Å². The van der Waals surface area contributed by atoms with Crippen molar-refractivity contribution in [2.75, 3.05) is 7.11 Å². The van der Waals surface area contributed by atoms with Crippen LogP contribution in [0.1, 0.15) is 0 Å². The smallest absolute Gasteiger partial charge is 0.188 e. The van der Waals surface area contributed by atoms with Crippen LogP contribution in [0.3, 0.4) is 0 Å². The van der Waals surface area contributed by atoms with Crippen LogP contribution in [0.5, 0.6) is 0 Å². The molecule has 2 nitrogen and oxygen atoms in total. The minimum absolute atomic E-state index is 0.262. The van der Waals surface area contributed by atoms with Crippen molar-refractivity contribution in [1.82, 2.24) is 0 Å². The van der Waals surface area contributed by atoms with Crippen molar-refractivity contribution >= 4 is 12.6 Å². The van der Waals surface area contributed by atoms with Gasteiger partial charge < -0.3 is 4.89 Å². The zero-order valence-corrected chi connectivity index (χ0v) is 4.37. The molecular formula is C3H6O2S. The molecule has 6 heavy (non-hydrogen) atoms. The Hall–Kier alpha value is -0.150. The maximum absolute atomic E-state index is 4.21. The SMILES string of the molecule is C=C(S)OOC. The second kappa shape index (κ2) is 3.06. The first-order chi connectivity index (χ1) is 2.77. The van der Waals surface area contributed by atoms with Crippen molar-refractivity contribution in [3.63, 3.8) is 0 Å². The third-order valence-electron chi connectivity index (χ3n) is 0.180. The van der Waals surface area contributed by atoms with E-state index >= 15 is 0 Å². The monoisotopic (exact) mass is 106 g/mol. The second-order valence-corrected chi connectivity index (χ2v) is 1.14. The van der Waals surface area contributed by atoms with Crippen LogP contribution in [0.4, 0.5) is 0 Å². The zero-order chi connectivity index (χ0) is 4.99. The van der Waals surface area contributed by atoms with Crippen LogP contribution >= 0.6 is 12.6 Å². The van der Waals surface area contributed by atoms with Crippen LogP contribution in [0.15, 0.2) is 11.7 Å². The highest BCUT2D eigenvalue weighted by molar-refractivity contribution is 7.84. The lowest BCUT2D eigenvalue weighted by molar-refractivity contribution is -0.226. The predicted octanol–water partition coefficient (Wildman–Crippen LogP) is 0.965. The first kappa shape index (κ1) is 5.85. The van der Waals surface area contributed by atoms with Crippen LogP contribution < -0.4 is 0 Å². The summed E-state index contributed by atoms with van der Waals surface area (Å²) in [6, 6.07) is 0. The normalized spacial score (nSPS) is 7.67.